The van der Waals surface area contributed by atoms with Gasteiger partial charge in [-0.3, -0.25) is 9.64 Å². The van der Waals surface area contributed by atoms with E-state index >= 15 is 0 Å². The van der Waals surface area contributed by atoms with Crippen LogP contribution in [0.25, 0.3) is 0 Å². The third-order valence-electron chi connectivity index (χ3n) is 3.95. The van der Waals surface area contributed by atoms with Crippen molar-refractivity contribution in [2.24, 2.45) is 5.92 Å². The number of ether oxygens (including phenoxy) is 1. The molecule has 1 aliphatic rings. The van der Waals surface area contributed by atoms with Gasteiger partial charge in [-0.2, -0.15) is 0 Å². The molecule has 6 heteroatoms. The van der Waals surface area contributed by atoms with Gasteiger partial charge in [0.25, 0.3) is 0 Å². The molecule has 1 rings (SSSR count). The summed E-state index contributed by atoms with van der Waals surface area (Å²) in [7, 11) is 0. The summed E-state index contributed by atoms with van der Waals surface area (Å²) in [5, 5.41) is 3.51. The highest BCUT2D eigenvalue weighted by molar-refractivity contribution is 4.95. The van der Waals surface area contributed by atoms with Crippen LogP contribution in [-0.2, 0) is 4.74 Å². The summed E-state index contributed by atoms with van der Waals surface area (Å²) in [4.78, 5) is 2.12. The Balaban J connectivity index is 2.57. The summed E-state index contributed by atoms with van der Waals surface area (Å²) in [5.41, 5.74) is -0.0242. The molecule has 0 aromatic rings. The largest absolute Gasteiger partial charge is 0.522 e. The minimum Gasteiger partial charge on any atom is -0.309 e. The fourth-order valence-electron chi connectivity index (χ4n) is 2.52. The summed E-state index contributed by atoms with van der Waals surface area (Å²) in [5.74, 6) is 0.403. The van der Waals surface area contributed by atoms with Gasteiger partial charge in [0.1, 0.15) is 0 Å². The minimum atomic E-state index is -4.53. The predicted molar refractivity (Wildman–Crippen MR) is 68.9 cm³/mol. The first-order valence-corrected chi connectivity index (χ1v) is 6.86. The molecule has 0 amide bonds. The van der Waals surface area contributed by atoms with Crippen molar-refractivity contribution in [2.75, 3.05) is 26.2 Å². The van der Waals surface area contributed by atoms with Crippen LogP contribution >= 0.6 is 0 Å². The number of nitrogens with zero attached hydrogens (tertiary/aromatic N) is 1. The van der Waals surface area contributed by atoms with Crippen LogP contribution in [0.3, 0.4) is 0 Å². The number of rotatable bonds is 5. The van der Waals surface area contributed by atoms with Gasteiger partial charge >= 0.3 is 6.36 Å². The normalized spacial score (nSPS) is 30.0. The topological polar surface area (TPSA) is 24.5 Å². The molecule has 1 aliphatic heterocycles. The standard InChI is InChI=1S/C13H25F3N2O/c1-5-12(4)9-18(6-7-19-13(14,15)16)11(8-17-12)10(2)3/h10-11,17H,5-9H2,1-4H3. The van der Waals surface area contributed by atoms with Crippen LogP contribution in [0.4, 0.5) is 13.2 Å². The van der Waals surface area contributed by atoms with E-state index in [1.54, 1.807) is 0 Å². The van der Waals surface area contributed by atoms with Crippen molar-refractivity contribution >= 4 is 0 Å². The molecule has 0 spiro atoms. The zero-order chi connectivity index (χ0) is 14.7. The van der Waals surface area contributed by atoms with Crippen molar-refractivity contribution < 1.29 is 17.9 Å². The molecule has 0 aliphatic carbocycles. The average molecular weight is 282 g/mol. The molecule has 0 saturated carbocycles. The monoisotopic (exact) mass is 282 g/mol. The minimum absolute atomic E-state index is 0.0242. The van der Waals surface area contributed by atoms with E-state index in [-0.39, 0.29) is 18.2 Å². The average Bonchev–Trinajstić information content (AvgIpc) is 2.27. The molecule has 1 N–H and O–H groups in total. The lowest BCUT2D eigenvalue weighted by Crippen LogP contribution is -2.64. The van der Waals surface area contributed by atoms with E-state index in [0.29, 0.717) is 12.5 Å². The molecule has 1 heterocycles. The van der Waals surface area contributed by atoms with Crippen LogP contribution < -0.4 is 5.32 Å². The number of halogens is 3. The summed E-state index contributed by atoms with van der Waals surface area (Å²) in [6.07, 6.45) is -3.58. The van der Waals surface area contributed by atoms with Gasteiger partial charge in [-0.15, -0.1) is 13.2 Å². The third-order valence-corrected chi connectivity index (χ3v) is 3.95. The molecular formula is C13H25F3N2O. The molecule has 1 saturated heterocycles. The van der Waals surface area contributed by atoms with Crippen molar-refractivity contribution in [3.63, 3.8) is 0 Å². The highest BCUT2D eigenvalue weighted by Gasteiger charge is 2.36. The van der Waals surface area contributed by atoms with Gasteiger partial charge < -0.3 is 5.32 Å². The first-order chi connectivity index (χ1) is 8.67. The zero-order valence-corrected chi connectivity index (χ0v) is 12.2. The lowest BCUT2D eigenvalue weighted by molar-refractivity contribution is -0.325. The van der Waals surface area contributed by atoms with Crippen molar-refractivity contribution in [1.82, 2.24) is 10.2 Å². The van der Waals surface area contributed by atoms with Gasteiger partial charge in [-0.25, -0.2) is 0 Å². The van der Waals surface area contributed by atoms with Gasteiger partial charge in [0.15, 0.2) is 0 Å². The Hall–Kier alpha value is -0.330. The lowest BCUT2D eigenvalue weighted by Gasteiger charge is -2.47. The molecule has 0 bridgehead atoms. The quantitative estimate of drug-likeness (QED) is 0.839. The van der Waals surface area contributed by atoms with E-state index in [0.717, 1.165) is 19.5 Å². The Bertz CT molecular complexity index is 284. The second-order valence-electron chi connectivity index (χ2n) is 5.87. The van der Waals surface area contributed by atoms with E-state index in [4.69, 9.17) is 0 Å². The van der Waals surface area contributed by atoms with Crippen LogP contribution in [0, 0.1) is 5.92 Å². The molecule has 19 heavy (non-hydrogen) atoms. The number of alkyl halides is 3. The molecule has 1 fully saturated rings. The maximum atomic E-state index is 12.0. The summed E-state index contributed by atoms with van der Waals surface area (Å²) >= 11 is 0. The van der Waals surface area contributed by atoms with Crippen LogP contribution in [0.15, 0.2) is 0 Å². The Morgan fingerprint density at radius 3 is 2.53 bits per heavy atom. The molecule has 0 radical (unpaired) electrons. The molecule has 3 nitrogen and oxygen atoms in total. The fraction of sp³-hybridized carbons (Fsp3) is 1.00. The van der Waals surface area contributed by atoms with Gasteiger partial charge in [0.2, 0.25) is 0 Å². The Morgan fingerprint density at radius 2 is 2.05 bits per heavy atom. The number of nitrogens with one attached hydrogen (secondary N) is 1. The molecule has 114 valence electrons. The van der Waals surface area contributed by atoms with E-state index in [2.05, 4.69) is 42.6 Å². The van der Waals surface area contributed by atoms with Gasteiger partial charge in [-0.1, -0.05) is 20.8 Å². The second-order valence-corrected chi connectivity index (χ2v) is 5.87. The van der Waals surface area contributed by atoms with Gasteiger partial charge in [-0.05, 0) is 19.3 Å². The lowest BCUT2D eigenvalue weighted by atomic mass is 9.90. The van der Waals surface area contributed by atoms with Crippen LogP contribution in [0.2, 0.25) is 0 Å². The van der Waals surface area contributed by atoms with Gasteiger partial charge in [0, 0.05) is 31.2 Å². The molecule has 2 atom stereocenters. The molecular weight excluding hydrogens is 257 g/mol. The van der Waals surface area contributed by atoms with Crippen molar-refractivity contribution in [3.05, 3.63) is 0 Å². The van der Waals surface area contributed by atoms with E-state index in [1.165, 1.54) is 0 Å². The smallest absolute Gasteiger partial charge is 0.309 e. The predicted octanol–water partition coefficient (Wildman–Crippen LogP) is 2.62. The zero-order valence-electron chi connectivity index (χ0n) is 12.2. The van der Waals surface area contributed by atoms with E-state index < -0.39 is 6.36 Å². The first-order valence-electron chi connectivity index (χ1n) is 6.86. The maximum Gasteiger partial charge on any atom is 0.522 e. The first kappa shape index (κ1) is 16.7. The Morgan fingerprint density at radius 1 is 1.42 bits per heavy atom. The van der Waals surface area contributed by atoms with Crippen LogP contribution in [0.5, 0.6) is 0 Å². The Kier molecular flexibility index (Phi) is 5.65. The van der Waals surface area contributed by atoms with Crippen LogP contribution in [0.1, 0.15) is 34.1 Å². The fourth-order valence-corrected chi connectivity index (χ4v) is 2.52. The van der Waals surface area contributed by atoms with E-state index in [9.17, 15) is 13.2 Å². The molecule has 0 aromatic heterocycles. The molecule has 2 unspecified atom stereocenters. The molecule has 0 aromatic carbocycles. The third kappa shape index (κ3) is 5.28. The van der Waals surface area contributed by atoms with Gasteiger partial charge in [0.05, 0.1) is 6.61 Å². The number of hydrogen-bond acceptors (Lipinski definition) is 3. The van der Waals surface area contributed by atoms with Crippen molar-refractivity contribution in [2.45, 2.75) is 52.1 Å². The maximum absolute atomic E-state index is 12.0. The van der Waals surface area contributed by atoms with E-state index in [1.807, 2.05) is 0 Å². The summed E-state index contributed by atoms with van der Waals surface area (Å²) in [6, 6.07) is 0.261. The number of piperazine rings is 1. The summed E-state index contributed by atoms with van der Waals surface area (Å²) < 4.78 is 40.0. The second kappa shape index (κ2) is 6.41. The highest BCUT2D eigenvalue weighted by atomic mass is 19.4. The number of hydrogen-bond donors (Lipinski definition) is 1. The highest BCUT2D eigenvalue weighted by Crippen LogP contribution is 2.23. The Labute approximate surface area is 113 Å². The SMILES string of the molecule is CCC1(C)CN(CCOC(F)(F)F)C(C(C)C)CN1. The summed E-state index contributed by atoms with van der Waals surface area (Å²) in [6.45, 7) is 9.99. The van der Waals surface area contributed by atoms with Crippen LogP contribution in [-0.4, -0.2) is 49.1 Å². The van der Waals surface area contributed by atoms with Crippen molar-refractivity contribution in [3.8, 4) is 0 Å². The van der Waals surface area contributed by atoms with Crippen molar-refractivity contribution in [1.29, 1.82) is 0 Å².